The van der Waals surface area contributed by atoms with Crippen LogP contribution in [0.25, 0.3) is 11.4 Å². The third-order valence-corrected chi connectivity index (χ3v) is 4.93. The minimum atomic E-state index is -0.763. The molecule has 3 rings (SSSR count). The Labute approximate surface area is 165 Å². The number of carbonyl (C=O) groups is 2. The summed E-state index contributed by atoms with van der Waals surface area (Å²) in [6, 6.07) is 9.08. The molecule has 1 atom stereocenters. The van der Waals surface area contributed by atoms with E-state index in [-0.39, 0.29) is 5.91 Å². The third-order valence-electron chi connectivity index (χ3n) is 4.93. The molecular formula is C21H28N4O3. The largest absolute Gasteiger partial charge is 0.467 e. The van der Waals surface area contributed by atoms with Gasteiger partial charge in [0.1, 0.15) is 11.9 Å². The smallest absolute Gasteiger partial charge is 0.328 e. The molecule has 0 saturated carbocycles. The van der Waals surface area contributed by atoms with E-state index in [4.69, 9.17) is 4.74 Å². The van der Waals surface area contributed by atoms with Crippen LogP contribution in [0.3, 0.4) is 0 Å². The summed E-state index contributed by atoms with van der Waals surface area (Å²) in [6.45, 7) is 7.88. The standard InChI is InChI=1S/C21H28N4O3/c1-21(2,3)17(20(27)28-4)24-19(26)16-15-13-22-11-8-12-25(15)18(23-16)14-9-6-5-7-10-14/h5-7,9-10,17,22H,8,11-13H2,1-4H3,(H,24,26). The maximum Gasteiger partial charge on any atom is 0.328 e. The first-order chi connectivity index (χ1) is 13.3. The van der Waals surface area contributed by atoms with E-state index in [1.165, 1.54) is 7.11 Å². The predicted octanol–water partition coefficient (Wildman–Crippen LogP) is 2.36. The fourth-order valence-electron chi connectivity index (χ4n) is 3.41. The van der Waals surface area contributed by atoms with Crippen molar-refractivity contribution in [2.45, 2.75) is 46.3 Å². The zero-order valence-electron chi connectivity index (χ0n) is 16.9. The Hall–Kier alpha value is -2.67. The lowest BCUT2D eigenvalue weighted by atomic mass is 9.86. The molecule has 2 N–H and O–H groups in total. The topological polar surface area (TPSA) is 85.2 Å². The van der Waals surface area contributed by atoms with Crippen molar-refractivity contribution in [1.29, 1.82) is 0 Å². The van der Waals surface area contributed by atoms with E-state index in [1.54, 1.807) is 0 Å². The van der Waals surface area contributed by atoms with Gasteiger partial charge in [-0.25, -0.2) is 9.78 Å². The van der Waals surface area contributed by atoms with Crippen LogP contribution in [0.5, 0.6) is 0 Å². The molecule has 0 saturated heterocycles. The van der Waals surface area contributed by atoms with Crippen molar-refractivity contribution in [3.05, 3.63) is 41.7 Å². The van der Waals surface area contributed by atoms with Gasteiger partial charge in [-0.05, 0) is 18.4 Å². The lowest BCUT2D eigenvalue weighted by molar-refractivity contribution is -0.145. The Morgan fingerprint density at radius 1 is 1.25 bits per heavy atom. The van der Waals surface area contributed by atoms with Gasteiger partial charge in [0.25, 0.3) is 5.91 Å². The zero-order valence-corrected chi connectivity index (χ0v) is 16.9. The number of amides is 1. The van der Waals surface area contributed by atoms with Crippen molar-refractivity contribution in [3.8, 4) is 11.4 Å². The number of imidazole rings is 1. The molecule has 1 aliphatic rings. The fourth-order valence-corrected chi connectivity index (χ4v) is 3.41. The molecule has 1 amide bonds. The average Bonchev–Trinajstić information content (AvgIpc) is 2.86. The second-order valence-electron chi connectivity index (χ2n) is 8.07. The van der Waals surface area contributed by atoms with E-state index < -0.39 is 17.4 Å². The van der Waals surface area contributed by atoms with Crippen molar-refractivity contribution < 1.29 is 14.3 Å². The predicted molar refractivity (Wildman–Crippen MR) is 107 cm³/mol. The van der Waals surface area contributed by atoms with Crippen LogP contribution in [-0.2, 0) is 22.6 Å². The molecular weight excluding hydrogens is 356 g/mol. The maximum absolute atomic E-state index is 13.1. The van der Waals surface area contributed by atoms with Crippen molar-refractivity contribution in [1.82, 2.24) is 20.2 Å². The number of hydrogen-bond donors (Lipinski definition) is 2. The van der Waals surface area contributed by atoms with Crippen LogP contribution in [0.2, 0.25) is 0 Å². The van der Waals surface area contributed by atoms with E-state index in [0.717, 1.165) is 36.6 Å². The Kier molecular flexibility index (Phi) is 5.84. The van der Waals surface area contributed by atoms with Crippen molar-refractivity contribution in [2.75, 3.05) is 13.7 Å². The third kappa shape index (κ3) is 4.09. The van der Waals surface area contributed by atoms with Gasteiger partial charge in [-0.2, -0.15) is 0 Å². The second-order valence-corrected chi connectivity index (χ2v) is 8.07. The van der Waals surface area contributed by atoms with Gasteiger partial charge in [-0.15, -0.1) is 0 Å². The number of rotatable bonds is 4. The second kappa shape index (κ2) is 8.14. The number of aromatic nitrogens is 2. The van der Waals surface area contributed by atoms with E-state index in [0.29, 0.717) is 12.2 Å². The highest BCUT2D eigenvalue weighted by Gasteiger charge is 2.35. The number of hydrogen-bond acceptors (Lipinski definition) is 5. The van der Waals surface area contributed by atoms with Crippen molar-refractivity contribution in [3.63, 3.8) is 0 Å². The summed E-state index contributed by atoms with van der Waals surface area (Å²) in [7, 11) is 1.33. The Morgan fingerprint density at radius 3 is 2.61 bits per heavy atom. The van der Waals surface area contributed by atoms with Gasteiger partial charge in [0.05, 0.1) is 12.8 Å². The van der Waals surface area contributed by atoms with Crippen LogP contribution >= 0.6 is 0 Å². The lowest BCUT2D eigenvalue weighted by Gasteiger charge is -2.28. The van der Waals surface area contributed by atoms with Gasteiger partial charge >= 0.3 is 5.97 Å². The molecule has 1 aliphatic heterocycles. The summed E-state index contributed by atoms with van der Waals surface area (Å²) in [5.41, 5.74) is 1.67. The van der Waals surface area contributed by atoms with Gasteiger partial charge in [-0.3, -0.25) is 4.79 Å². The van der Waals surface area contributed by atoms with E-state index in [2.05, 4.69) is 20.2 Å². The first-order valence-corrected chi connectivity index (χ1v) is 9.57. The number of nitrogens with one attached hydrogen (secondary N) is 2. The summed E-state index contributed by atoms with van der Waals surface area (Å²) < 4.78 is 7.00. The summed E-state index contributed by atoms with van der Waals surface area (Å²) in [5.74, 6) is -0.0534. The summed E-state index contributed by atoms with van der Waals surface area (Å²) in [6.07, 6.45) is 0.955. The number of nitrogens with zero attached hydrogens (tertiary/aromatic N) is 2. The molecule has 7 heteroatoms. The zero-order chi connectivity index (χ0) is 20.3. The van der Waals surface area contributed by atoms with Gasteiger partial charge in [0.2, 0.25) is 0 Å². The maximum atomic E-state index is 13.1. The quantitative estimate of drug-likeness (QED) is 0.791. The van der Waals surface area contributed by atoms with Crippen LogP contribution in [-0.4, -0.2) is 41.1 Å². The molecule has 7 nitrogen and oxygen atoms in total. The summed E-state index contributed by atoms with van der Waals surface area (Å²) in [4.78, 5) is 30.0. The molecule has 2 aromatic rings. The summed E-state index contributed by atoms with van der Waals surface area (Å²) >= 11 is 0. The van der Waals surface area contributed by atoms with Crippen LogP contribution in [0.4, 0.5) is 0 Å². The molecule has 0 fully saturated rings. The normalized spacial score (nSPS) is 15.3. The average molecular weight is 384 g/mol. The van der Waals surface area contributed by atoms with Gasteiger partial charge in [-0.1, -0.05) is 51.1 Å². The Bertz CT molecular complexity index is 853. The Balaban J connectivity index is 2.00. The van der Waals surface area contributed by atoms with Crippen molar-refractivity contribution in [2.24, 2.45) is 5.41 Å². The van der Waals surface area contributed by atoms with Gasteiger partial charge < -0.3 is 19.9 Å². The van der Waals surface area contributed by atoms with Crippen LogP contribution < -0.4 is 10.6 Å². The Morgan fingerprint density at radius 2 is 1.96 bits per heavy atom. The van der Waals surface area contributed by atoms with Crippen LogP contribution in [0.15, 0.2) is 30.3 Å². The molecule has 1 aromatic heterocycles. The number of benzene rings is 1. The monoisotopic (exact) mass is 384 g/mol. The SMILES string of the molecule is COC(=O)C(NC(=O)c1nc(-c2ccccc2)n2c1CNCCC2)C(C)(C)C. The number of methoxy groups -OCH3 is 1. The van der Waals surface area contributed by atoms with Gasteiger partial charge in [0, 0.05) is 18.7 Å². The fraction of sp³-hybridized carbons (Fsp3) is 0.476. The molecule has 0 spiro atoms. The summed E-state index contributed by atoms with van der Waals surface area (Å²) in [5, 5.41) is 6.19. The van der Waals surface area contributed by atoms with Crippen LogP contribution in [0.1, 0.15) is 43.4 Å². The molecule has 1 aromatic carbocycles. The van der Waals surface area contributed by atoms with E-state index in [1.807, 2.05) is 51.1 Å². The van der Waals surface area contributed by atoms with E-state index in [9.17, 15) is 9.59 Å². The molecule has 0 aliphatic carbocycles. The molecule has 2 heterocycles. The van der Waals surface area contributed by atoms with E-state index >= 15 is 0 Å². The number of esters is 1. The van der Waals surface area contributed by atoms with Crippen molar-refractivity contribution >= 4 is 11.9 Å². The van der Waals surface area contributed by atoms with Gasteiger partial charge in [0.15, 0.2) is 5.69 Å². The highest BCUT2D eigenvalue weighted by Crippen LogP contribution is 2.26. The van der Waals surface area contributed by atoms with Crippen LogP contribution in [0, 0.1) is 5.41 Å². The first-order valence-electron chi connectivity index (χ1n) is 9.57. The molecule has 1 unspecified atom stereocenters. The minimum Gasteiger partial charge on any atom is -0.467 e. The molecule has 28 heavy (non-hydrogen) atoms. The number of fused-ring (bicyclic) bond motifs is 1. The highest BCUT2D eigenvalue weighted by atomic mass is 16.5. The lowest BCUT2D eigenvalue weighted by Crippen LogP contribution is -2.50. The molecule has 150 valence electrons. The molecule has 0 bridgehead atoms. The highest BCUT2D eigenvalue weighted by molar-refractivity contribution is 5.97. The minimum absolute atomic E-state index is 0.353. The molecule has 0 radical (unpaired) electrons. The first kappa shape index (κ1) is 20.1. The number of ether oxygens (including phenoxy) is 1. The number of carbonyl (C=O) groups excluding carboxylic acids is 2.